The summed E-state index contributed by atoms with van der Waals surface area (Å²) in [6.07, 6.45) is 3.96. The third-order valence-corrected chi connectivity index (χ3v) is 3.78. The van der Waals surface area contributed by atoms with Crippen LogP contribution >= 0.6 is 0 Å². The summed E-state index contributed by atoms with van der Waals surface area (Å²) in [6, 6.07) is 7.19. The number of benzene rings is 1. The molecular formula is C17H29N. The van der Waals surface area contributed by atoms with E-state index in [1.54, 1.807) is 0 Å². The van der Waals surface area contributed by atoms with Crippen molar-refractivity contribution < 1.29 is 0 Å². The number of nitrogens with one attached hydrogen (secondary N) is 1. The van der Waals surface area contributed by atoms with Gasteiger partial charge >= 0.3 is 0 Å². The molecular weight excluding hydrogens is 218 g/mol. The van der Waals surface area contributed by atoms with E-state index >= 15 is 0 Å². The Hall–Kier alpha value is -0.820. The lowest BCUT2D eigenvalue weighted by Gasteiger charge is -2.16. The minimum absolute atomic E-state index is 0.615. The molecule has 1 aromatic carbocycles. The Bertz CT molecular complexity index is 355. The first-order chi connectivity index (χ1) is 8.50. The minimum Gasteiger partial charge on any atom is -0.310 e. The molecule has 18 heavy (non-hydrogen) atoms. The van der Waals surface area contributed by atoms with Crippen LogP contribution in [0.5, 0.6) is 0 Å². The van der Waals surface area contributed by atoms with Crippen molar-refractivity contribution in [2.24, 2.45) is 5.92 Å². The Balaban J connectivity index is 2.33. The van der Waals surface area contributed by atoms with Gasteiger partial charge in [-0.1, -0.05) is 44.9 Å². The maximum absolute atomic E-state index is 3.64. The van der Waals surface area contributed by atoms with Crippen molar-refractivity contribution in [3.05, 3.63) is 34.9 Å². The van der Waals surface area contributed by atoms with Gasteiger partial charge in [0, 0.05) is 12.6 Å². The van der Waals surface area contributed by atoms with Crippen molar-refractivity contribution in [1.82, 2.24) is 5.32 Å². The van der Waals surface area contributed by atoms with Crippen LogP contribution in [0.25, 0.3) is 0 Å². The Kier molecular flexibility index (Phi) is 6.42. The molecule has 0 amide bonds. The number of hydrogen-bond acceptors (Lipinski definition) is 1. The van der Waals surface area contributed by atoms with Crippen molar-refractivity contribution >= 4 is 0 Å². The lowest BCUT2D eigenvalue weighted by Crippen LogP contribution is -2.25. The summed E-state index contributed by atoms with van der Waals surface area (Å²) in [7, 11) is 0. The van der Waals surface area contributed by atoms with Crippen molar-refractivity contribution in [3.63, 3.8) is 0 Å². The second-order valence-corrected chi connectivity index (χ2v) is 5.97. The average molecular weight is 247 g/mol. The molecule has 0 saturated carbocycles. The molecule has 1 rings (SSSR count). The van der Waals surface area contributed by atoms with Crippen LogP contribution in [-0.2, 0) is 6.54 Å². The minimum atomic E-state index is 0.615. The first-order valence-corrected chi connectivity index (χ1v) is 7.29. The monoisotopic (exact) mass is 247 g/mol. The zero-order chi connectivity index (χ0) is 13.5. The predicted octanol–water partition coefficient (Wildman–Crippen LogP) is 4.61. The van der Waals surface area contributed by atoms with Gasteiger partial charge in [0.15, 0.2) is 0 Å². The molecule has 0 fully saturated rings. The third kappa shape index (κ3) is 5.22. The molecule has 1 aromatic rings. The smallest absolute Gasteiger partial charge is 0.0210 e. The van der Waals surface area contributed by atoms with Crippen LogP contribution in [-0.4, -0.2) is 6.04 Å². The Morgan fingerprint density at radius 1 is 1.06 bits per heavy atom. The topological polar surface area (TPSA) is 12.0 Å². The molecule has 1 heteroatoms. The summed E-state index contributed by atoms with van der Waals surface area (Å²) in [5, 5.41) is 3.64. The summed E-state index contributed by atoms with van der Waals surface area (Å²) in [5.74, 6) is 0.830. The Morgan fingerprint density at radius 3 is 2.44 bits per heavy atom. The molecule has 0 heterocycles. The van der Waals surface area contributed by atoms with Gasteiger partial charge in [-0.15, -0.1) is 0 Å². The normalized spacial score (nSPS) is 13.0. The van der Waals surface area contributed by atoms with Crippen molar-refractivity contribution in [2.45, 2.75) is 66.5 Å². The van der Waals surface area contributed by atoms with E-state index in [9.17, 15) is 0 Å². The van der Waals surface area contributed by atoms with Crippen LogP contribution in [0.4, 0.5) is 0 Å². The van der Waals surface area contributed by atoms with E-state index in [0.717, 1.165) is 12.5 Å². The van der Waals surface area contributed by atoms with Crippen LogP contribution in [0.3, 0.4) is 0 Å². The van der Waals surface area contributed by atoms with Gasteiger partial charge in [-0.25, -0.2) is 0 Å². The van der Waals surface area contributed by atoms with Crippen LogP contribution in [0, 0.1) is 19.8 Å². The molecule has 1 nitrogen and oxygen atoms in total. The molecule has 0 aromatic heterocycles. The Labute approximate surface area is 113 Å². The van der Waals surface area contributed by atoms with Gasteiger partial charge < -0.3 is 5.32 Å². The Morgan fingerprint density at radius 2 is 1.78 bits per heavy atom. The largest absolute Gasteiger partial charge is 0.310 e. The van der Waals surface area contributed by atoms with Gasteiger partial charge in [0.05, 0.1) is 0 Å². The molecule has 1 atom stereocenters. The van der Waals surface area contributed by atoms with E-state index in [4.69, 9.17) is 0 Å². The molecule has 1 unspecified atom stereocenters. The van der Waals surface area contributed by atoms with E-state index in [2.05, 4.69) is 58.1 Å². The van der Waals surface area contributed by atoms with Crippen molar-refractivity contribution in [2.75, 3.05) is 0 Å². The van der Waals surface area contributed by atoms with Crippen LogP contribution < -0.4 is 5.32 Å². The fraction of sp³-hybridized carbons (Fsp3) is 0.647. The number of hydrogen-bond donors (Lipinski definition) is 1. The quantitative estimate of drug-likeness (QED) is 0.742. The summed E-state index contributed by atoms with van der Waals surface area (Å²) >= 11 is 0. The first-order valence-electron chi connectivity index (χ1n) is 7.29. The third-order valence-electron chi connectivity index (χ3n) is 3.78. The lowest BCUT2D eigenvalue weighted by molar-refractivity contribution is 0.457. The SMILES string of the molecule is Cc1cccc(CNC(C)CCCC(C)C)c1C. The van der Waals surface area contributed by atoms with Crippen molar-refractivity contribution in [3.8, 4) is 0 Å². The van der Waals surface area contributed by atoms with E-state index in [-0.39, 0.29) is 0 Å². The summed E-state index contributed by atoms with van der Waals surface area (Å²) in [5.41, 5.74) is 4.26. The van der Waals surface area contributed by atoms with E-state index in [0.29, 0.717) is 6.04 Å². The van der Waals surface area contributed by atoms with Gasteiger partial charge in [-0.05, 0) is 49.8 Å². The zero-order valence-corrected chi connectivity index (χ0v) is 12.7. The van der Waals surface area contributed by atoms with E-state index < -0.39 is 0 Å². The van der Waals surface area contributed by atoms with Gasteiger partial charge in [-0.3, -0.25) is 0 Å². The van der Waals surface area contributed by atoms with Crippen LogP contribution in [0.2, 0.25) is 0 Å². The zero-order valence-electron chi connectivity index (χ0n) is 12.7. The molecule has 0 bridgehead atoms. The second kappa shape index (κ2) is 7.58. The molecule has 0 saturated heterocycles. The standard InChI is InChI=1S/C17H29N/c1-13(2)8-6-10-15(4)18-12-17-11-7-9-14(3)16(17)5/h7,9,11,13,15,18H,6,8,10,12H2,1-5H3. The second-order valence-electron chi connectivity index (χ2n) is 5.97. The molecule has 102 valence electrons. The lowest BCUT2D eigenvalue weighted by atomic mass is 10.0. The molecule has 0 spiro atoms. The highest BCUT2D eigenvalue weighted by atomic mass is 14.9. The summed E-state index contributed by atoms with van der Waals surface area (Å²) in [6.45, 7) is 12.3. The van der Waals surface area contributed by atoms with E-state index in [1.807, 2.05) is 0 Å². The molecule has 1 N–H and O–H groups in total. The number of rotatable bonds is 7. The molecule has 0 radical (unpaired) electrons. The van der Waals surface area contributed by atoms with Gasteiger partial charge in [0.25, 0.3) is 0 Å². The average Bonchev–Trinajstić information content (AvgIpc) is 2.30. The van der Waals surface area contributed by atoms with Gasteiger partial charge in [-0.2, -0.15) is 0 Å². The van der Waals surface area contributed by atoms with Crippen LogP contribution in [0.15, 0.2) is 18.2 Å². The highest BCUT2D eigenvalue weighted by Gasteiger charge is 2.05. The summed E-state index contributed by atoms with van der Waals surface area (Å²) < 4.78 is 0. The highest BCUT2D eigenvalue weighted by molar-refractivity contribution is 5.32. The molecule has 0 aliphatic heterocycles. The highest BCUT2D eigenvalue weighted by Crippen LogP contribution is 2.13. The number of aryl methyl sites for hydroxylation is 1. The van der Waals surface area contributed by atoms with Crippen LogP contribution in [0.1, 0.15) is 56.7 Å². The maximum Gasteiger partial charge on any atom is 0.0210 e. The molecule has 0 aliphatic rings. The van der Waals surface area contributed by atoms with Gasteiger partial charge in [0.2, 0.25) is 0 Å². The summed E-state index contributed by atoms with van der Waals surface area (Å²) in [4.78, 5) is 0. The fourth-order valence-corrected chi connectivity index (χ4v) is 2.22. The fourth-order valence-electron chi connectivity index (χ4n) is 2.22. The van der Waals surface area contributed by atoms with E-state index in [1.165, 1.54) is 36.0 Å². The first kappa shape index (κ1) is 15.2. The maximum atomic E-state index is 3.64. The predicted molar refractivity (Wildman–Crippen MR) is 80.9 cm³/mol. The van der Waals surface area contributed by atoms with Gasteiger partial charge in [0.1, 0.15) is 0 Å². The van der Waals surface area contributed by atoms with Crippen molar-refractivity contribution in [1.29, 1.82) is 0 Å². The molecule has 0 aliphatic carbocycles.